The molecule has 4 nitrogen and oxygen atoms in total. The van der Waals surface area contributed by atoms with E-state index in [2.05, 4.69) is 24.3 Å². The molecule has 1 aromatic rings. The SMILES string of the molecule is CCC(C)n1ccc(CC(C)(F)CC2COCCN2)n1. The van der Waals surface area contributed by atoms with Crippen LogP contribution in [0.2, 0.25) is 0 Å². The Morgan fingerprint density at radius 3 is 3.10 bits per heavy atom. The summed E-state index contributed by atoms with van der Waals surface area (Å²) >= 11 is 0. The standard InChI is InChI=1S/C15H26FN3O/c1-4-12(2)19-7-5-13(18-19)9-15(3,16)10-14-11-20-8-6-17-14/h5,7,12,14,17H,4,6,8-11H2,1-3H3. The quantitative estimate of drug-likeness (QED) is 0.872. The Morgan fingerprint density at radius 2 is 2.45 bits per heavy atom. The van der Waals surface area contributed by atoms with Crippen molar-refractivity contribution in [3.05, 3.63) is 18.0 Å². The number of aromatic nitrogens is 2. The lowest BCUT2D eigenvalue weighted by Crippen LogP contribution is -2.45. The molecule has 1 fully saturated rings. The molecule has 5 heteroatoms. The fourth-order valence-electron chi connectivity index (χ4n) is 2.62. The molecule has 0 saturated carbocycles. The molecule has 3 atom stereocenters. The molecule has 3 unspecified atom stereocenters. The zero-order valence-corrected chi connectivity index (χ0v) is 12.7. The number of hydrogen-bond acceptors (Lipinski definition) is 3. The molecule has 0 spiro atoms. The van der Waals surface area contributed by atoms with E-state index in [1.54, 1.807) is 6.92 Å². The highest BCUT2D eigenvalue weighted by molar-refractivity contribution is 5.04. The fraction of sp³-hybridized carbons (Fsp3) is 0.800. The second-order valence-corrected chi connectivity index (χ2v) is 6.06. The first-order valence-electron chi connectivity index (χ1n) is 7.54. The number of hydrogen-bond donors (Lipinski definition) is 1. The predicted molar refractivity (Wildman–Crippen MR) is 77.7 cm³/mol. The molecule has 1 N–H and O–H groups in total. The van der Waals surface area contributed by atoms with Crippen LogP contribution < -0.4 is 5.32 Å². The van der Waals surface area contributed by atoms with E-state index in [-0.39, 0.29) is 6.04 Å². The van der Waals surface area contributed by atoms with Gasteiger partial charge in [0.1, 0.15) is 5.67 Å². The smallest absolute Gasteiger partial charge is 0.115 e. The third-order valence-electron chi connectivity index (χ3n) is 3.93. The minimum absolute atomic E-state index is 0.107. The van der Waals surface area contributed by atoms with Gasteiger partial charge in [-0.25, -0.2) is 4.39 Å². The van der Waals surface area contributed by atoms with Gasteiger partial charge in [0.05, 0.1) is 18.9 Å². The van der Waals surface area contributed by atoms with Gasteiger partial charge in [0.25, 0.3) is 0 Å². The molecular weight excluding hydrogens is 257 g/mol. The number of alkyl halides is 1. The summed E-state index contributed by atoms with van der Waals surface area (Å²) in [6.45, 7) is 8.03. The van der Waals surface area contributed by atoms with Crippen molar-refractivity contribution in [2.45, 2.75) is 57.8 Å². The van der Waals surface area contributed by atoms with Crippen molar-refractivity contribution in [1.82, 2.24) is 15.1 Å². The zero-order valence-electron chi connectivity index (χ0n) is 12.7. The first-order chi connectivity index (χ1) is 9.50. The van der Waals surface area contributed by atoms with Gasteiger partial charge in [0.15, 0.2) is 0 Å². The van der Waals surface area contributed by atoms with E-state index in [1.807, 2.05) is 16.9 Å². The predicted octanol–water partition coefficient (Wildman–Crippen LogP) is 2.50. The average molecular weight is 283 g/mol. The molecule has 1 saturated heterocycles. The second kappa shape index (κ2) is 6.68. The van der Waals surface area contributed by atoms with E-state index in [9.17, 15) is 4.39 Å². The third kappa shape index (κ3) is 4.28. The van der Waals surface area contributed by atoms with Gasteiger partial charge in [-0.2, -0.15) is 5.10 Å². The number of rotatable bonds is 6. The summed E-state index contributed by atoms with van der Waals surface area (Å²) in [7, 11) is 0. The van der Waals surface area contributed by atoms with Crippen molar-refractivity contribution in [1.29, 1.82) is 0 Å². The second-order valence-electron chi connectivity index (χ2n) is 6.06. The van der Waals surface area contributed by atoms with Crippen LogP contribution in [0.4, 0.5) is 4.39 Å². The molecule has 1 aliphatic heterocycles. The maximum Gasteiger partial charge on any atom is 0.115 e. The summed E-state index contributed by atoms with van der Waals surface area (Å²) in [4.78, 5) is 0. The van der Waals surface area contributed by atoms with Crippen molar-refractivity contribution >= 4 is 0 Å². The normalized spacial score (nSPS) is 24.3. The van der Waals surface area contributed by atoms with Gasteiger partial charge in [0, 0.05) is 31.2 Å². The highest BCUT2D eigenvalue weighted by atomic mass is 19.1. The number of halogens is 1. The molecule has 0 aromatic carbocycles. The van der Waals surface area contributed by atoms with Gasteiger partial charge in [-0.1, -0.05) is 6.92 Å². The van der Waals surface area contributed by atoms with E-state index in [1.165, 1.54) is 0 Å². The summed E-state index contributed by atoms with van der Waals surface area (Å²) in [6, 6.07) is 2.40. The summed E-state index contributed by atoms with van der Waals surface area (Å²) in [6.07, 6.45) is 3.79. The van der Waals surface area contributed by atoms with E-state index < -0.39 is 5.67 Å². The minimum atomic E-state index is -1.26. The zero-order chi connectivity index (χ0) is 14.6. The molecule has 0 bridgehead atoms. The summed E-state index contributed by atoms with van der Waals surface area (Å²) in [5.74, 6) is 0. The molecule has 1 aromatic heterocycles. The number of nitrogens with one attached hydrogen (secondary N) is 1. The lowest BCUT2D eigenvalue weighted by Gasteiger charge is -2.29. The first kappa shape index (κ1) is 15.4. The molecule has 0 radical (unpaired) electrons. The summed E-state index contributed by atoms with van der Waals surface area (Å²) in [5, 5.41) is 7.79. The number of nitrogens with zero attached hydrogens (tertiary/aromatic N) is 2. The largest absolute Gasteiger partial charge is 0.379 e. The molecule has 114 valence electrons. The van der Waals surface area contributed by atoms with Gasteiger partial charge in [-0.3, -0.25) is 4.68 Å². The third-order valence-corrected chi connectivity index (χ3v) is 3.93. The molecule has 0 amide bonds. The maximum atomic E-state index is 14.7. The van der Waals surface area contributed by atoms with Crippen molar-refractivity contribution in [3.63, 3.8) is 0 Å². The molecule has 1 aliphatic rings. The Bertz CT molecular complexity index is 413. The maximum absolute atomic E-state index is 14.7. The van der Waals surface area contributed by atoms with Crippen molar-refractivity contribution < 1.29 is 9.13 Å². The molecule has 2 rings (SSSR count). The highest BCUT2D eigenvalue weighted by Crippen LogP contribution is 2.24. The lowest BCUT2D eigenvalue weighted by atomic mass is 9.93. The van der Waals surface area contributed by atoms with E-state index in [0.717, 1.165) is 25.3 Å². The van der Waals surface area contributed by atoms with Crippen LogP contribution in [0.15, 0.2) is 12.3 Å². The van der Waals surface area contributed by atoms with Crippen LogP contribution in [0.5, 0.6) is 0 Å². The van der Waals surface area contributed by atoms with Crippen molar-refractivity contribution in [2.24, 2.45) is 0 Å². The Morgan fingerprint density at radius 1 is 1.65 bits per heavy atom. The highest BCUT2D eigenvalue weighted by Gasteiger charge is 2.30. The Balaban J connectivity index is 1.91. The topological polar surface area (TPSA) is 39.1 Å². The lowest BCUT2D eigenvalue weighted by molar-refractivity contribution is 0.0480. The first-order valence-corrected chi connectivity index (χ1v) is 7.54. The van der Waals surface area contributed by atoms with Crippen LogP contribution in [0.3, 0.4) is 0 Å². The molecule has 2 heterocycles. The summed E-state index contributed by atoms with van der Waals surface area (Å²) in [5.41, 5.74) is -0.431. The van der Waals surface area contributed by atoms with E-state index >= 15 is 0 Å². The van der Waals surface area contributed by atoms with E-state index in [0.29, 0.717) is 25.5 Å². The molecule has 20 heavy (non-hydrogen) atoms. The van der Waals surface area contributed by atoms with Crippen LogP contribution in [-0.2, 0) is 11.2 Å². The monoisotopic (exact) mass is 283 g/mol. The molecular formula is C15H26FN3O. The Hall–Kier alpha value is -0.940. The van der Waals surface area contributed by atoms with Crippen LogP contribution >= 0.6 is 0 Å². The summed E-state index contributed by atoms with van der Waals surface area (Å²) < 4.78 is 22.0. The van der Waals surface area contributed by atoms with Crippen LogP contribution in [-0.4, -0.2) is 41.2 Å². The van der Waals surface area contributed by atoms with Gasteiger partial charge in [-0.05, 0) is 32.8 Å². The van der Waals surface area contributed by atoms with Crippen LogP contribution in [0.25, 0.3) is 0 Å². The van der Waals surface area contributed by atoms with Crippen molar-refractivity contribution in [2.75, 3.05) is 19.8 Å². The van der Waals surface area contributed by atoms with Crippen LogP contribution in [0, 0.1) is 0 Å². The Kier molecular flexibility index (Phi) is 5.16. The van der Waals surface area contributed by atoms with E-state index in [4.69, 9.17) is 4.74 Å². The van der Waals surface area contributed by atoms with Gasteiger partial charge in [-0.15, -0.1) is 0 Å². The van der Waals surface area contributed by atoms with Crippen molar-refractivity contribution in [3.8, 4) is 0 Å². The molecule has 0 aliphatic carbocycles. The number of ether oxygens (including phenoxy) is 1. The minimum Gasteiger partial charge on any atom is -0.379 e. The van der Waals surface area contributed by atoms with Gasteiger partial charge < -0.3 is 10.1 Å². The average Bonchev–Trinajstić information content (AvgIpc) is 2.86. The van der Waals surface area contributed by atoms with Gasteiger partial charge in [0.2, 0.25) is 0 Å². The Labute approximate surface area is 120 Å². The fourth-order valence-corrected chi connectivity index (χ4v) is 2.62. The number of morpholine rings is 1. The van der Waals surface area contributed by atoms with Crippen LogP contribution in [0.1, 0.15) is 45.3 Å². The van der Waals surface area contributed by atoms with Gasteiger partial charge >= 0.3 is 0 Å².